The number of cyclic esters (lactones) is 1. The van der Waals surface area contributed by atoms with Crippen molar-refractivity contribution >= 4 is 75.1 Å². The van der Waals surface area contributed by atoms with Crippen molar-refractivity contribution < 1.29 is 82.1 Å². The number of anilines is 3. The molecule has 4 fully saturated rings. The second kappa shape index (κ2) is 41.9. The number of unbranched alkanes of at least 4 members (excludes halogenated alkanes) is 1. The number of nitrogens with two attached hydrogens (primary N) is 2. The number of rotatable bonds is 23. The summed E-state index contributed by atoms with van der Waals surface area (Å²) in [6.45, 7) is 16.4. The van der Waals surface area contributed by atoms with Crippen molar-refractivity contribution in [3.63, 3.8) is 0 Å². The zero-order valence-corrected chi connectivity index (χ0v) is 69.6. The summed E-state index contributed by atoms with van der Waals surface area (Å²) in [6.07, 6.45) is 18.5. The number of fused-ring (bicyclic) bond motifs is 5. The number of nitrogens with one attached hydrogen (secondary N) is 1. The number of nitrogens with zero attached hydrogens (tertiary/aromatic N) is 14. The van der Waals surface area contributed by atoms with Crippen molar-refractivity contribution in [2.24, 2.45) is 40.7 Å². The molecule has 16 atom stereocenters. The summed E-state index contributed by atoms with van der Waals surface area (Å²) in [7, 11) is 4.64. The molecule has 118 heavy (non-hydrogen) atoms. The molecule has 0 unspecified atom stereocenters. The average molecular weight is 1640 g/mol. The number of hydrogen-bond donors (Lipinski definition) is 7. The summed E-state index contributed by atoms with van der Waals surface area (Å²) >= 11 is 0. The number of aliphatic hydroxyl groups is 4. The maximum atomic E-state index is 14.8. The minimum atomic E-state index is -2.46. The molecule has 11 rings (SSSR count). The number of allylic oxidation sites excluding steroid dienone is 5. The van der Waals surface area contributed by atoms with Gasteiger partial charge in [-0.2, -0.15) is 10.1 Å². The van der Waals surface area contributed by atoms with Gasteiger partial charge in [-0.15, -0.1) is 5.10 Å². The van der Waals surface area contributed by atoms with E-state index in [4.69, 9.17) is 59.4 Å². The third kappa shape index (κ3) is 22.7. The molecule has 34 nitrogen and oxygen atoms in total. The number of ether oxygens (including phenoxy) is 6. The highest BCUT2D eigenvalue weighted by molar-refractivity contribution is 6.39. The summed E-state index contributed by atoms with van der Waals surface area (Å²) in [5.41, 5.74) is 17.9. The zero-order valence-electron chi connectivity index (χ0n) is 69.6. The van der Waals surface area contributed by atoms with Gasteiger partial charge < -0.3 is 89.6 Å². The van der Waals surface area contributed by atoms with Crippen molar-refractivity contribution in [1.29, 1.82) is 0 Å². The minimum absolute atomic E-state index is 0.0197. The Morgan fingerprint density at radius 3 is 2.37 bits per heavy atom. The topological polar surface area (TPSA) is 443 Å². The first-order chi connectivity index (χ1) is 56.7. The van der Waals surface area contributed by atoms with Gasteiger partial charge in [0.05, 0.1) is 79.8 Å². The van der Waals surface area contributed by atoms with Crippen LogP contribution in [-0.2, 0) is 70.4 Å². The number of nitrogen functional groups attached to an aromatic ring is 2. The van der Waals surface area contributed by atoms with Gasteiger partial charge in [0.2, 0.25) is 23.5 Å². The van der Waals surface area contributed by atoms with E-state index in [1.807, 2.05) is 69.0 Å². The summed E-state index contributed by atoms with van der Waals surface area (Å²) < 4.78 is 44.9. The number of oxazole rings is 1. The molecule has 9 heterocycles. The van der Waals surface area contributed by atoms with Crippen LogP contribution in [0.1, 0.15) is 157 Å². The monoisotopic (exact) mass is 1640 g/mol. The number of carbonyl (C=O) groups is 5. The fourth-order valence-corrected chi connectivity index (χ4v) is 16.6. The summed E-state index contributed by atoms with van der Waals surface area (Å²) in [6, 6.07) is 4.37. The van der Waals surface area contributed by atoms with Gasteiger partial charge in [-0.05, 0) is 138 Å². The number of esters is 1. The lowest BCUT2D eigenvalue weighted by molar-refractivity contribution is -0.265. The van der Waals surface area contributed by atoms with Gasteiger partial charge in [0, 0.05) is 110 Å². The number of ketones is 1. The van der Waals surface area contributed by atoms with E-state index in [0.717, 1.165) is 11.1 Å². The van der Waals surface area contributed by atoms with Crippen LogP contribution in [-0.4, -0.2) is 250 Å². The third-order valence-electron chi connectivity index (χ3n) is 23.7. The van der Waals surface area contributed by atoms with Crippen LogP contribution in [0, 0.1) is 35.5 Å². The third-order valence-corrected chi connectivity index (χ3v) is 23.7. The number of methoxy groups -OCH3 is 3. The van der Waals surface area contributed by atoms with Crippen LogP contribution >= 0.6 is 0 Å². The molecule has 34 heteroatoms. The quantitative estimate of drug-likeness (QED) is 0.0107. The number of hydrogen-bond acceptors (Lipinski definition) is 29. The molecule has 0 radical (unpaired) electrons. The lowest BCUT2D eigenvalue weighted by Crippen LogP contribution is -2.61. The lowest BCUT2D eigenvalue weighted by atomic mass is 9.78. The van der Waals surface area contributed by atoms with E-state index >= 15 is 0 Å². The Morgan fingerprint density at radius 1 is 0.831 bits per heavy atom. The van der Waals surface area contributed by atoms with Gasteiger partial charge in [0.15, 0.2) is 17.8 Å². The van der Waals surface area contributed by atoms with E-state index in [0.29, 0.717) is 172 Å². The molecule has 1 aromatic carbocycles. The number of amides is 3. The molecule has 0 spiro atoms. The van der Waals surface area contributed by atoms with Gasteiger partial charge >= 0.3 is 5.97 Å². The van der Waals surface area contributed by atoms with E-state index in [-0.39, 0.29) is 106 Å². The first-order valence-corrected chi connectivity index (χ1v) is 41.5. The molecule has 2 bridgehead atoms. The summed E-state index contributed by atoms with van der Waals surface area (Å²) in [5.74, 6) is -6.72. The SMILES string of the molecule is CO[C@H]1C[C@@H]2CC[C@@H](C)[C@@](O)(O2)C(=O)C(=O)N2CCCC[C@H]2C(=O)O[C@H]([C@H](C)C[C@@H]2CC[C@@H](O)[C@H](OC)C2)C[C@@H](O)[C@H](C)/C=C(\C)[C@@H](O)[C@@H](OC)C(=NOCc2cn(-c3cnc(N4CCN(C(=O)CCOCCC(=O)NCCCCn5nc(-c6ccc7oc(N)nc7c6)c6c(N)ncnc65)CC4)nc3)nn2)[C@H](C)C[C@H](C)/C=C/C=C/C=C/1C. The highest BCUT2D eigenvalue weighted by Gasteiger charge is 2.53. The Hall–Kier alpha value is -9.52. The molecule has 642 valence electrons. The average Bonchev–Trinajstić information content (AvgIpc) is 1.50. The predicted octanol–water partition coefficient (Wildman–Crippen LogP) is 7.50. The van der Waals surface area contributed by atoms with Gasteiger partial charge in [-0.1, -0.05) is 81.4 Å². The Labute approximate surface area is 688 Å². The fourth-order valence-electron chi connectivity index (χ4n) is 16.6. The molecule has 1 saturated carbocycles. The largest absolute Gasteiger partial charge is 0.460 e. The van der Waals surface area contributed by atoms with Crippen LogP contribution in [0.4, 0.5) is 17.8 Å². The highest BCUT2D eigenvalue weighted by atomic mass is 16.6. The molecule has 5 aromatic heterocycles. The van der Waals surface area contributed by atoms with Crippen molar-refractivity contribution in [3.8, 4) is 16.9 Å². The molecular weight excluding hydrogens is 1520 g/mol. The maximum Gasteiger partial charge on any atom is 0.329 e. The Balaban J connectivity index is 0.686. The first kappa shape index (κ1) is 89.3. The van der Waals surface area contributed by atoms with E-state index in [1.165, 1.54) is 23.0 Å². The first-order valence-electron chi connectivity index (χ1n) is 41.5. The number of carbonyl (C=O) groups excluding carboxylic acids is 5. The second-order valence-corrected chi connectivity index (χ2v) is 32.4. The van der Waals surface area contributed by atoms with E-state index in [1.54, 1.807) is 68.4 Å². The standard InChI is InChI=1S/C84H119N17O17/c1-50-18-12-11-13-19-51(2)67(111-8)43-61-24-21-56(7)84(110,118-61)77(107)80(108)99-30-16-14-20-63(99)81(109)116-68(53(4)40-57-22-25-64(102)69(41-57)112-9)44-65(103)52(3)39-55(6)75(106)76(113-10)73(54(5)38-50)95-115-48-59-47-101(96-93-59)60-45-88-83(89-46-60)98-34-32-97(33-35-98)71(105)28-37-114-36-27-70(104)87-29-15-17-31-100-79-72(78(85)90-49-91-79)74(94-100)58-23-26-66-62(42-58)92-82(86)117-66/h11-13,18-19,23,26,39,42,45-47,49-50,52-54,56-57,61,63-65,67-69,75-76,102-103,106,110H,14-17,20-22,24-25,27-38,40-41,43-44,48H2,1-10H3,(H2,86,92)(H,87,104)(H2,85,90,91)/b13-11+,18-12+,51-19+,55-39+,95-73?/t50-,52-,53-,54-,56-,57+,61+,63+,64-,65-,67+,68+,69-,75-,76+,84-/m1/s1. The number of oxime groups is 1. The molecule has 1 aliphatic carbocycles. The molecule has 3 amide bonds. The van der Waals surface area contributed by atoms with Crippen LogP contribution in [0.25, 0.3) is 39.1 Å². The van der Waals surface area contributed by atoms with Gasteiger partial charge in [0.1, 0.15) is 59.1 Å². The van der Waals surface area contributed by atoms with Crippen molar-refractivity contribution in [2.45, 2.75) is 225 Å². The molecule has 6 aromatic rings. The number of benzene rings is 1. The Kier molecular flexibility index (Phi) is 31.7. The second-order valence-electron chi connectivity index (χ2n) is 32.4. The van der Waals surface area contributed by atoms with E-state index in [2.05, 4.69) is 53.5 Å². The smallest absolute Gasteiger partial charge is 0.329 e. The number of piperidine rings is 1. The number of aliphatic hydroxyl groups excluding tert-OH is 3. The molecule has 3 saturated heterocycles. The Morgan fingerprint density at radius 2 is 1.61 bits per heavy atom. The van der Waals surface area contributed by atoms with E-state index in [9.17, 15) is 44.4 Å². The van der Waals surface area contributed by atoms with Gasteiger partial charge in [0.25, 0.3) is 17.7 Å². The van der Waals surface area contributed by atoms with Crippen LogP contribution in [0.15, 0.2) is 100 Å². The maximum absolute atomic E-state index is 14.8. The normalized spacial score (nSPS) is 29.3. The van der Waals surface area contributed by atoms with Crippen molar-refractivity contribution in [1.82, 2.24) is 64.8 Å². The van der Waals surface area contributed by atoms with Crippen LogP contribution in [0.2, 0.25) is 0 Å². The zero-order chi connectivity index (χ0) is 84.3. The van der Waals surface area contributed by atoms with Crippen LogP contribution in [0.3, 0.4) is 0 Å². The number of Topliss-reactive ketones (excluding diaryl/α,β-unsaturated/α-hetero) is 1. The number of piperazine rings is 1. The van der Waals surface area contributed by atoms with E-state index < -0.39 is 84.1 Å². The predicted molar refractivity (Wildman–Crippen MR) is 439 cm³/mol. The number of aromatic nitrogens is 10. The molecule has 5 aliphatic rings. The van der Waals surface area contributed by atoms with Gasteiger partial charge in [-0.25, -0.2) is 34.1 Å². The molecular formula is C84H119N17O17. The summed E-state index contributed by atoms with van der Waals surface area (Å²) in [4.78, 5) is 103. The van der Waals surface area contributed by atoms with Crippen molar-refractivity contribution in [2.75, 3.05) is 90.2 Å². The molecule has 4 aliphatic heterocycles. The van der Waals surface area contributed by atoms with Gasteiger partial charge in [-0.3, -0.25) is 19.2 Å². The van der Waals surface area contributed by atoms with Crippen LogP contribution < -0.4 is 21.7 Å². The fraction of sp³-hybridized carbons (Fsp3) is 0.619. The number of aryl methyl sites for hydroxylation is 1. The van der Waals surface area contributed by atoms with Crippen LogP contribution in [0.5, 0.6) is 0 Å². The lowest BCUT2D eigenvalue weighted by Gasteiger charge is -2.43. The summed E-state index contributed by atoms with van der Waals surface area (Å²) in [5, 5.41) is 69.3. The minimum Gasteiger partial charge on any atom is -0.460 e. The Bertz CT molecular complexity index is 4520. The highest BCUT2D eigenvalue weighted by Crippen LogP contribution is 2.40. The molecule has 9 N–H and O–H groups in total. The van der Waals surface area contributed by atoms with Crippen molar-refractivity contribution in [3.05, 3.63) is 96.4 Å².